The van der Waals surface area contributed by atoms with Gasteiger partial charge in [-0.2, -0.15) is 0 Å². The molecule has 4 heteroatoms. The summed E-state index contributed by atoms with van der Waals surface area (Å²) in [6.45, 7) is 10.6. The Bertz CT molecular complexity index is 68.2. The highest BCUT2D eigenvalue weighted by atomic mass is 16.6. The van der Waals surface area contributed by atoms with Crippen LogP contribution in [0.5, 0.6) is 0 Å². The molecule has 4 nitrogen and oxygen atoms in total. The maximum atomic E-state index is 8.44. The van der Waals surface area contributed by atoms with Gasteiger partial charge < -0.3 is 19.3 Å². The molecule has 1 fully saturated rings. The van der Waals surface area contributed by atoms with Gasteiger partial charge in [0.25, 0.3) is 0 Å². The van der Waals surface area contributed by atoms with Gasteiger partial charge in [0.2, 0.25) is 0 Å². The minimum atomic E-state index is -0.565. The van der Waals surface area contributed by atoms with Gasteiger partial charge in [0.1, 0.15) is 0 Å². The number of ether oxygens (including phenoxy) is 3. The Balaban J connectivity index is -0.000000139. The molecule has 0 aromatic rings. The molecule has 0 aromatic carbocycles. The van der Waals surface area contributed by atoms with Crippen LogP contribution in [0.1, 0.15) is 34.1 Å². The average Bonchev–Trinajstić information content (AvgIpc) is 3.18. The lowest BCUT2D eigenvalue weighted by Gasteiger charge is -2.00. The Morgan fingerprint density at radius 3 is 1.53 bits per heavy atom. The van der Waals surface area contributed by atoms with Crippen LogP contribution in [0, 0.1) is 0 Å². The third-order valence-corrected chi connectivity index (χ3v) is 1.11. The zero-order valence-electron chi connectivity index (χ0n) is 11.1. The van der Waals surface area contributed by atoms with Gasteiger partial charge in [0, 0.05) is 20.8 Å². The SMILES string of the molecule is C1CO1.CC.CCC(O)OC.CCOC. The van der Waals surface area contributed by atoms with E-state index in [1.54, 1.807) is 7.11 Å². The van der Waals surface area contributed by atoms with Crippen molar-refractivity contribution in [2.45, 2.75) is 40.4 Å². The summed E-state index contributed by atoms with van der Waals surface area (Å²) in [5.41, 5.74) is 0. The van der Waals surface area contributed by atoms with Crippen molar-refractivity contribution in [3.8, 4) is 0 Å². The molecular weight excluding hydrogens is 196 g/mol. The van der Waals surface area contributed by atoms with Gasteiger partial charge in [-0.15, -0.1) is 0 Å². The van der Waals surface area contributed by atoms with Crippen LogP contribution in [0.4, 0.5) is 0 Å². The fraction of sp³-hybridized carbons (Fsp3) is 1.00. The van der Waals surface area contributed by atoms with Crippen LogP contribution >= 0.6 is 0 Å². The quantitative estimate of drug-likeness (QED) is 0.589. The van der Waals surface area contributed by atoms with Gasteiger partial charge in [-0.3, -0.25) is 0 Å². The first kappa shape index (κ1) is 20.3. The van der Waals surface area contributed by atoms with E-state index in [9.17, 15) is 0 Å². The van der Waals surface area contributed by atoms with E-state index in [4.69, 9.17) is 5.11 Å². The molecule has 1 N–H and O–H groups in total. The van der Waals surface area contributed by atoms with Crippen LogP contribution in [0.3, 0.4) is 0 Å². The molecule has 0 spiro atoms. The first-order valence-electron chi connectivity index (χ1n) is 5.50. The Hall–Kier alpha value is -0.160. The molecule has 0 amide bonds. The number of methoxy groups -OCH3 is 2. The summed E-state index contributed by atoms with van der Waals surface area (Å²) in [5.74, 6) is 0. The summed E-state index contributed by atoms with van der Waals surface area (Å²) in [5, 5.41) is 8.44. The molecule has 1 aliphatic heterocycles. The second kappa shape index (κ2) is 23.6. The normalized spacial score (nSPS) is 13.0. The molecule has 15 heavy (non-hydrogen) atoms. The highest BCUT2D eigenvalue weighted by Gasteiger charge is 1.94. The van der Waals surface area contributed by atoms with Crippen LogP contribution in [-0.4, -0.2) is 45.4 Å². The van der Waals surface area contributed by atoms with Crippen LogP contribution in [0.25, 0.3) is 0 Å². The van der Waals surface area contributed by atoms with Gasteiger partial charge >= 0.3 is 0 Å². The number of hydrogen-bond donors (Lipinski definition) is 1. The Morgan fingerprint density at radius 2 is 1.53 bits per heavy atom. The predicted octanol–water partition coefficient (Wildman–Crippen LogP) is 2.06. The summed E-state index contributed by atoms with van der Waals surface area (Å²) in [4.78, 5) is 0. The van der Waals surface area contributed by atoms with Gasteiger partial charge in [-0.1, -0.05) is 20.8 Å². The molecule has 0 bridgehead atoms. The fourth-order valence-corrected chi connectivity index (χ4v) is 0.167. The number of hydrogen-bond acceptors (Lipinski definition) is 4. The highest BCUT2D eigenvalue weighted by molar-refractivity contribution is 4.36. The molecule has 1 aliphatic rings. The third kappa shape index (κ3) is 56.9. The van der Waals surface area contributed by atoms with E-state index >= 15 is 0 Å². The van der Waals surface area contributed by atoms with E-state index < -0.39 is 6.29 Å². The molecule has 1 unspecified atom stereocenters. The molecule has 0 saturated carbocycles. The van der Waals surface area contributed by atoms with Crippen LogP contribution in [-0.2, 0) is 14.2 Å². The first-order valence-corrected chi connectivity index (χ1v) is 5.50. The average molecular weight is 224 g/mol. The zero-order valence-corrected chi connectivity index (χ0v) is 11.1. The molecule has 1 atom stereocenters. The Morgan fingerprint density at radius 1 is 1.20 bits per heavy atom. The van der Waals surface area contributed by atoms with Gasteiger partial charge in [-0.25, -0.2) is 0 Å². The Kier molecular flexibility index (Phi) is 31.9. The van der Waals surface area contributed by atoms with Gasteiger partial charge in [0.15, 0.2) is 6.29 Å². The van der Waals surface area contributed by atoms with E-state index in [0.29, 0.717) is 6.42 Å². The lowest BCUT2D eigenvalue weighted by atomic mass is 10.5. The smallest absolute Gasteiger partial charge is 0.153 e. The zero-order chi connectivity index (χ0) is 12.5. The fourth-order valence-electron chi connectivity index (χ4n) is 0.167. The molecule has 0 aromatic heterocycles. The van der Waals surface area contributed by atoms with Crippen molar-refractivity contribution in [1.82, 2.24) is 0 Å². The summed E-state index contributed by atoms with van der Waals surface area (Å²) in [6, 6.07) is 0. The van der Waals surface area contributed by atoms with Crippen molar-refractivity contribution in [3.05, 3.63) is 0 Å². The van der Waals surface area contributed by atoms with Crippen LogP contribution < -0.4 is 0 Å². The predicted molar refractivity (Wildman–Crippen MR) is 63.0 cm³/mol. The molecular formula is C11H28O4. The third-order valence-electron chi connectivity index (χ3n) is 1.11. The van der Waals surface area contributed by atoms with Crippen molar-refractivity contribution in [1.29, 1.82) is 0 Å². The van der Waals surface area contributed by atoms with E-state index in [-0.39, 0.29) is 0 Å². The highest BCUT2D eigenvalue weighted by Crippen LogP contribution is 1.86. The lowest BCUT2D eigenvalue weighted by molar-refractivity contribution is -0.0748. The van der Waals surface area contributed by atoms with Crippen molar-refractivity contribution < 1.29 is 19.3 Å². The monoisotopic (exact) mass is 224 g/mol. The molecule has 1 saturated heterocycles. The molecule has 96 valence electrons. The van der Waals surface area contributed by atoms with Crippen LogP contribution in [0.15, 0.2) is 0 Å². The molecule has 0 aliphatic carbocycles. The number of aliphatic hydroxyl groups is 1. The summed E-state index contributed by atoms with van der Waals surface area (Å²) >= 11 is 0. The first-order chi connectivity index (χ1) is 7.22. The lowest BCUT2D eigenvalue weighted by Crippen LogP contribution is -2.05. The summed E-state index contributed by atoms with van der Waals surface area (Å²) in [6.07, 6.45) is 0.0984. The second-order valence-corrected chi connectivity index (χ2v) is 2.29. The molecule has 1 heterocycles. The van der Waals surface area contributed by atoms with Crippen molar-refractivity contribution in [2.24, 2.45) is 0 Å². The van der Waals surface area contributed by atoms with E-state index in [2.05, 4.69) is 14.2 Å². The van der Waals surface area contributed by atoms with Crippen molar-refractivity contribution >= 4 is 0 Å². The Labute approximate surface area is 94.5 Å². The minimum Gasteiger partial charge on any atom is -0.385 e. The summed E-state index contributed by atoms with van der Waals surface area (Å²) in [7, 11) is 3.16. The number of rotatable bonds is 3. The van der Waals surface area contributed by atoms with Crippen molar-refractivity contribution in [3.63, 3.8) is 0 Å². The summed E-state index contributed by atoms with van der Waals surface area (Å²) < 4.78 is 13.5. The molecule has 1 rings (SSSR count). The van der Waals surface area contributed by atoms with E-state index in [0.717, 1.165) is 19.8 Å². The standard InChI is InChI=1S/C4H10O2.C3H8O.C2H4O.C2H6/c1-3-4(5)6-2;1-3-4-2;1-2-3-1;1-2/h4-5H,3H2,1-2H3;3H2,1-2H3;1-2H2;1-2H3. The topological polar surface area (TPSA) is 51.2 Å². The van der Waals surface area contributed by atoms with Crippen molar-refractivity contribution in [2.75, 3.05) is 34.0 Å². The van der Waals surface area contributed by atoms with Gasteiger partial charge in [-0.05, 0) is 13.3 Å². The van der Waals surface area contributed by atoms with E-state index in [1.165, 1.54) is 7.11 Å². The largest absolute Gasteiger partial charge is 0.385 e. The number of aliphatic hydroxyl groups excluding tert-OH is 1. The van der Waals surface area contributed by atoms with Crippen LogP contribution in [0.2, 0.25) is 0 Å². The minimum absolute atomic E-state index is 0.565. The van der Waals surface area contributed by atoms with Gasteiger partial charge in [0.05, 0.1) is 13.2 Å². The number of epoxide rings is 1. The molecule has 0 radical (unpaired) electrons. The van der Waals surface area contributed by atoms with E-state index in [1.807, 2.05) is 27.7 Å². The maximum absolute atomic E-state index is 8.44. The second-order valence-electron chi connectivity index (χ2n) is 2.29. The maximum Gasteiger partial charge on any atom is 0.153 e.